The van der Waals surface area contributed by atoms with Crippen LogP contribution in [0.15, 0.2) is 73.1 Å². The number of rotatable bonds is 5. The molecule has 1 amide bonds. The third kappa shape index (κ3) is 4.36. The lowest BCUT2D eigenvalue weighted by Gasteiger charge is -2.49. The maximum Gasteiger partial charge on any atom is 0.225 e. The van der Waals surface area contributed by atoms with Gasteiger partial charge >= 0.3 is 0 Å². The minimum Gasteiger partial charge on any atom is -0.365 e. The van der Waals surface area contributed by atoms with Crippen molar-refractivity contribution in [3.8, 4) is 0 Å². The molecule has 1 saturated heterocycles. The van der Waals surface area contributed by atoms with Gasteiger partial charge in [-0.05, 0) is 47.4 Å². The first-order chi connectivity index (χ1) is 15.7. The van der Waals surface area contributed by atoms with Crippen LogP contribution in [0, 0.1) is 11.7 Å². The summed E-state index contributed by atoms with van der Waals surface area (Å²) in [5, 5.41) is 3.14. The van der Waals surface area contributed by atoms with Crippen LogP contribution < -0.4 is 10.2 Å². The molecule has 2 aliphatic heterocycles. The summed E-state index contributed by atoms with van der Waals surface area (Å²) in [6.07, 6.45) is 4.26. The second kappa shape index (κ2) is 9.09. The summed E-state index contributed by atoms with van der Waals surface area (Å²) in [4.78, 5) is 22.2. The molecule has 5 rings (SSSR count). The third-order valence-corrected chi connectivity index (χ3v) is 6.55. The Morgan fingerprint density at radius 1 is 1.03 bits per heavy atom. The molecule has 2 atom stereocenters. The fourth-order valence-corrected chi connectivity index (χ4v) is 4.93. The number of aromatic nitrogens is 1. The number of anilines is 1. The van der Waals surface area contributed by atoms with E-state index in [9.17, 15) is 9.18 Å². The maximum absolute atomic E-state index is 13.3. The average molecular weight is 431 g/mol. The molecular weight excluding hydrogens is 403 g/mol. The van der Waals surface area contributed by atoms with Crippen molar-refractivity contribution in [2.24, 2.45) is 5.92 Å². The van der Waals surface area contributed by atoms with Gasteiger partial charge in [0.15, 0.2) is 0 Å². The molecule has 2 aliphatic rings. The van der Waals surface area contributed by atoms with E-state index in [1.54, 1.807) is 12.4 Å². The number of halogens is 1. The molecule has 3 heterocycles. The minimum absolute atomic E-state index is 0.0852. The SMILES string of the molecule is O=C(NCc1cccnc1)[C@H]1Cc2ccccc2N2CCN(Cc3ccc(F)cc3)C[C@H]12. The molecule has 0 aliphatic carbocycles. The number of piperazine rings is 1. The number of benzene rings is 2. The molecule has 1 N–H and O–H groups in total. The van der Waals surface area contributed by atoms with Gasteiger partial charge in [-0.3, -0.25) is 14.7 Å². The molecule has 0 saturated carbocycles. The van der Waals surface area contributed by atoms with Gasteiger partial charge in [0, 0.05) is 50.8 Å². The van der Waals surface area contributed by atoms with Crippen molar-refractivity contribution in [1.29, 1.82) is 0 Å². The second-order valence-corrected chi connectivity index (χ2v) is 8.64. The number of carbonyl (C=O) groups excluding carboxylic acids is 1. The van der Waals surface area contributed by atoms with Crippen molar-refractivity contribution in [3.63, 3.8) is 0 Å². The van der Waals surface area contributed by atoms with Gasteiger partial charge in [0.05, 0.1) is 12.0 Å². The number of fused-ring (bicyclic) bond motifs is 3. The highest BCUT2D eigenvalue weighted by Crippen LogP contribution is 2.36. The summed E-state index contributed by atoms with van der Waals surface area (Å²) in [6, 6.07) is 19.1. The minimum atomic E-state index is -0.215. The molecule has 0 radical (unpaired) electrons. The first-order valence-electron chi connectivity index (χ1n) is 11.2. The highest BCUT2D eigenvalue weighted by atomic mass is 19.1. The fraction of sp³-hybridized carbons (Fsp3) is 0.308. The first kappa shape index (κ1) is 20.6. The van der Waals surface area contributed by atoms with Gasteiger partial charge in [0.1, 0.15) is 5.82 Å². The van der Waals surface area contributed by atoms with Crippen molar-refractivity contribution in [2.45, 2.75) is 25.6 Å². The predicted octanol–water partition coefficient (Wildman–Crippen LogP) is 3.40. The van der Waals surface area contributed by atoms with Gasteiger partial charge in [0.2, 0.25) is 5.91 Å². The smallest absolute Gasteiger partial charge is 0.225 e. The van der Waals surface area contributed by atoms with Crippen molar-refractivity contribution in [1.82, 2.24) is 15.2 Å². The predicted molar refractivity (Wildman–Crippen MR) is 123 cm³/mol. The normalized spacial score (nSPS) is 20.3. The zero-order valence-corrected chi connectivity index (χ0v) is 18.0. The molecule has 2 aromatic carbocycles. The van der Waals surface area contributed by atoms with Crippen LogP contribution >= 0.6 is 0 Å². The van der Waals surface area contributed by atoms with Crippen LogP contribution in [0.5, 0.6) is 0 Å². The number of para-hydroxylation sites is 1. The largest absolute Gasteiger partial charge is 0.365 e. The quantitative estimate of drug-likeness (QED) is 0.674. The van der Waals surface area contributed by atoms with Crippen LogP contribution in [0.4, 0.5) is 10.1 Å². The van der Waals surface area contributed by atoms with E-state index in [2.05, 4.69) is 44.4 Å². The summed E-state index contributed by atoms with van der Waals surface area (Å²) in [7, 11) is 0. The lowest BCUT2D eigenvalue weighted by atomic mass is 9.83. The Hall–Kier alpha value is -3.25. The number of nitrogens with one attached hydrogen (secondary N) is 1. The molecular formula is C26H27FN4O. The molecule has 3 aromatic rings. The topological polar surface area (TPSA) is 48.5 Å². The molecule has 6 heteroatoms. The van der Waals surface area contributed by atoms with E-state index < -0.39 is 0 Å². The van der Waals surface area contributed by atoms with Crippen molar-refractivity contribution >= 4 is 11.6 Å². The number of hydrogen-bond acceptors (Lipinski definition) is 4. The Labute approximate surface area is 187 Å². The van der Waals surface area contributed by atoms with E-state index in [1.165, 1.54) is 23.4 Å². The van der Waals surface area contributed by atoms with Crippen LogP contribution in [0.3, 0.4) is 0 Å². The number of carbonyl (C=O) groups is 1. The van der Waals surface area contributed by atoms with Gasteiger partial charge in [-0.15, -0.1) is 0 Å². The van der Waals surface area contributed by atoms with E-state index in [0.717, 1.165) is 43.7 Å². The number of hydrogen-bond donors (Lipinski definition) is 1. The second-order valence-electron chi connectivity index (χ2n) is 8.64. The molecule has 5 nitrogen and oxygen atoms in total. The Morgan fingerprint density at radius 3 is 2.69 bits per heavy atom. The van der Waals surface area contributed by atoms with Gasteiger partial charge in [-0.2, -0.15) is 0 Å². The summed E-state index contributed by atoms with van der Waals surface area (Å²) in [6.45, 7) is 3.82. The Balaban J connectivity index is 1.34. The van der Waals surface area contributed by atoms with Crippen LogP contribution in [-0.4, -0.2) is 41.5 Å². The van der Waals surface area contributed by atoms with E-state index in [4.69, 9.17) is 0 Å². The summed E-state index contributed by atoms with van der Waals surface area (Å²) in [5.74, 6) is -0.257. The highest BCUT2D eigenvalue weighted by molar-refractivity contribution is 5.82. The third-order valence-electron chi connectivity index (χ3n) is 6.55. The molecule has 0 bridgehead atoms. The van der Waals surface area contributed by atoms with E-state index >= 15 is 0 Å². The highest BCUT2D eigenvalue weighted by Gasteiger charge is 2.41. The van der Waals surface area contributed by atoms with Gasteiger partial charge < -0.3 is 10.2 Å². The zero-order valence-electron chi connectivity index (χ0n) is 18.0. The monoisotopic (exact) mass is 430 g/mol. The van der Waals surface area contributed by atoms with Gasteiger partial charge in [0.25, 0.3) is 0 Å². The molecule has 1 fully saturated rings. The van der Waals surface area contributed by atoms with Crippen molar-refractivity contribution in [2.75, 3.05) is 24.5 Å². The number of amides is 1. The summed E-state index contributed by atoms with van der Waals surface area (Å²) >= 11 is 0. The van der Waals surface area contributed by atoms with Gasteiger partial charge in [-0.25, -0.2) is 4.39 Å². The van der Waals surface area contributed by atoms with Crippen LogP contribution in [-0.2, 0) is 24.3 Å². The van der Waals surface area contributed by atoms with Gasteiger partial charge in [-0.1, -0.05) is 36.4 Å². The van der Waals surface area contributed by atoms with Crippen molar-refractivity contribution in [3.05, 3.63) is 95.6 Å². The Bertz CT molecular complexity index is 1070. The molecule has 0 spiro atoms. The van der Waals surface area contributed by atoms with E-state index in [-0.39, 0.29) is 23.7 Å². The fourth-order valence-electron chi connectivity index (χ4n) is 4.93. The molecule has 0 unspecified atom stereocenters. The first-order valence-corrected chi connectivity index (χ1v) is 11.2. The van der Waals surface area contributed by atoms with Crippen LogP contribution in [0.1, 0.15) is 16.7 Å². The average Bonchev–Trinajstić information content (AvgIpc) is 2.84. The summed E-state index contributed by atoms with van der Waals surface area (Å²) < 4.78 is 13.3. The lowest BCUT2D eigenvalue weighted by molar-refractivity contribution is -0.126. The number of pyridine rings is 1. The number of nitrogens with zero attached hydrogens (tertiary/aromatic N) is 3. The van der Waals surface area contributed by atoms with Crippen LogP contribution in [0.25, 0.3) is 0 Å². The maximum atomic E-state index is 13.3. The Kier molecular flexibility index (Phi) is 5.86. The molecule has 32 heavy (non-hydrogen) atoms. The lowest BCUT2D eigenvalue weighted by Crippen LogP contribution is -2.60. The summed E-state index contributed by atoms with van der Waals surface area (Å²) in [5.41, 5.74) is 4.57. The Morgan fingerprint density at radius 2 is 1.88 bits per heavy atom. The molecule has 164 valence electrons. The molecule has 1 aromatic heterocycles. The van der Waals surface area contributed by atoms with E-state index in [0.29, 0.717) is 6.54 Å². The zero-order chi connectivity index (χ0) is 21.9. The standard InChI is InChI=1S/C26H27FN4O/c27-22-9-7-19(8-10-22)17-30-12-13-31-24-6-2-1-5-21(24)14-23(25(31)18-30)26(32)29-16-20-4-3-11-28-15-20/h1-11,15,23,25H,12-14,16-18H2,(H,29,32)/t23-,25+/m0/s1. The van der Waals surface area contributed by atoms with E-state index in [1.807, 2.05) is 24.3 Å². The van der Waals surface area contributed by atoms with Crippen molar-refractivity contribution < 1.29 is 9.18 Å². The van der Waals surface area contributed by atoms with Crippen LogP contribution in [0.2, 0.25) is 0 Å².